The van der Waals surface area contributed by atoms with Crippen molar-refractivity contribution in [3.63, 3.8) is 0 Å². The third-order valence-corrected chi connectivity index (χ3v) is 5.66. The van der Waals surface area contributed by atoms with Crippen LogP contribution in [0.25, 0.3) is 11.1 Å². The van der Waals surface area contributed by atoms with Crippen LogP contribution in [-0.4, -0.2) is 8.42 Å². The molecule has 0 spiro atoms. The number of nitriles is 1. The van der Waals surface area contributed by atoms with Crippen molar-refractivity contribution in [1.82, 2.24) is 4.72 Å². The molecule has 0 bridgehead atoms. The Morgan fingerprint density at radius 3 is 2.19 bits per heavy atom. The number of rotatable bonds is 5. The molecular weight excluding hydrogens is 344 g/mol. The van der Waals surface area contributed by atoms with E-state index in [1.54, 1.807) is 19.1 Å². The van der Waals surface area contributed by atoms with Gasteiger partial charge in [0.1, 0.15) is 0 Å². The summed E-state index contributed by atoms with van der Waals surface area (Å²) >= 11 is 0. The molecule has 5 heteroatoms. The fourth-order valence-electron chi connectivity index (χ4n) is 2.70. The van der Waals surface area contributed by atoms with Crippen molar-refractivity contribution >= 4 is 10.0 Å². The van der Waals surface area contributed by atoms with Gasteiger partial charge in [0.2, 0.25) is 10.0 Å². The highest BCUT2D eigenvalue weighted by molar-refractivity contribution is 7.89. The number of nitrogens with one attached hydrogen (secondary N) is 1. The summed E-state index contributed by atoms with van der Waals surface area (Å²) in [5.41, 5.74) is 3.36. The van der Waals surface area contributed by atoms with Gasteiger partial charge in [-0.2, -0.15) is 5.26 Å². The third-order valence-electron chi connectivity index (χ3n) is 4.12. The van der Waals surface area contributed by atoms with Crippen LogP contribution in [0.1, 0.15) is 24.1 Å². The van der Waals surface area contributed by atoms with Gasteiger partial charge in [0.25, 0.3) is 0 Å². The maximum Gasteiger partial charge on any atom is 0.241 e. The van der Waals surface area contributed by atoms with Crippen LogP contribution in [0.2, 0.25) is 0 Å². The molecule has 3 aromatic rings. The standard InChI is InChI=1S/C21H18N2O2S/c1-16(23-26(24,25)21-9-5-6-17(14-21)15-22)18-10-12-20(13-11-18)19-7-3-2-4-8-19/h2-14,16,23H,1H3. The van der Waals surface area contributed by atoms with E-state index in [9.17, 15) is 8.42 Å². The highest BCUT2D eigenvalue weighted by Gasteiger charge is 2.18. The molecule has 0 aliphatic rings. The van der Waals surface area contributed by atoms with Gasteiger partial charge in [-0.25, -0.2) is 13.1 Å². The zero-order valence-corrected chi connectivity index (χ0v) is 15.1. The van der Waals surface area contributed by atoms with Crippen LogP contribution >= 0.6 is 0 Å². The Balaban J connectivity index is 1.79. The van der Waals surface area contributed by atoms with Crippen LogP contribution in [0, 0.1) is 11.3 Å². The van der Waals surface area contributed by atoms with Crippen molar-refractivity contribution in [1.29, 1.82) is 5.26 Å². The lowest BCUT2D eigenvalue weighted by atomic mass is 10.0. The minimum atomic E-state index is -3.70. The van der Waals surface area contributed by atoms with E-state index in [0.29, 0.717) is 5.56 Å². The van der Waals surface area contributed by atoms with Gasteiger partial charge in [0.15, 0.2) is 0 Å². The van der Waals surface area contributed by atoms with Crippen molar-refractivity contribution in [2.45, 2.75) is 17.9 Å². The van der Waals surface area contributed by atoms with Crippen LogP contribution in [0.15, 0.2) is 83.8 Å². The first kappa shape index (κ1) is 17.9. The Kier molecular flexibility index (Phi) is 5.17. The second kappa shape index (κ2) is 7.52. The predicted molar refractivity (Wildman–Crippen MR) is 102 cm³/mol. The predicted octanol–water partition coefficient (Wildman–Crippen LogP) is 4.26. The number of sulfonamides is 1. The first-order valence-corrected chi connectivity index (χ1v) is 9.66. The summed E-state index contributed by atoms with van der Waals surface area (Å²) in [4.78, 5) is 0.0873. The molecule has 1 N–H and O–H groups in total. The number of hydrogen-bond donors (Lipinski definition) is 1. The van der Waals surface area contributed by atoms with Crippen molar-refractivity contribution in [2.75, 3.05) is 0 Å². The fourth-order valence-corrected chi connectivity index (χ4v) is 3.97. The molecule has 0 saturated carbocycles. The molecule has 3 aromatic carbocycles. The Morgan fingerprint density at radius 2 is 1.54 bits per heavy atom. The van der Waals surface area contributed by atoms with E-state index in [4.69, 9.17) is 5.26 Å². The largest absolute Gasteiger partial charge is 0.241 e. The molecule has 4 nitrogen and oxygen atoms in total. The smallest absolute Gasteiger partial charge is 0.207 e. The molecule has 0 aliphatic carbocycles. The van der Waals surface area contributed by atoms with Crippen molar-refractivity contribution < 1.29 is 8.42 Å². The SMILES string of the molecule is CC(NS(=O)(=O)c1cccc(C#N)c1)c1ccc(-c2ccccc2)cc1. The molecule has 0 fully saturated rings. The minimum absolute atomic E-state index is 0.0873. The van der Waals surface area contributed by atoms with E-state index in [-0.39, 0.29) is 4.90 Å². The van der Waals surface area contributed by atoms with Gasteiger partial charge in [-0.15, -0.1) is 0 Å². The Hall–Kier alpha value is -2.94. The molecule has 0 saturated heterocycles. The molecule has 0 radical (unpaired) electrons. The Labute approximate surface area is 153 Å². The summed E-state index contributed by atoms with van der Waals surface area (Å²) in [6.45, 7) is 1.79. The summed E-state index contributed by atoms with van der Waals surface area (Å²) in [6.07, 6.45) is 0. The first-order valence-electron chi connectivity index (χ1n) is 8.17. The van der Waals surface area contributed by atoms with Crippen molar-refractivity contribution in [3.05, 3.63) is 90.0 Å². The minimum Gasteiger partial charge on any atom is -0.207 e. The monoisotopic (exact) mass is 362 g/mol. The Morgan fingerprint density at radius 1 is 0.885 bits per heavy atom. The third kappa shape index (κ3) is 3.99. The van der Waals surface area contributed by atoms with E-state index in [0.717, 1.165) is 16.7 Å². The van der Waals surface area contributed by atoms with E-state index in [1.165, 1.54) is 12.1 Å². The van der Waals surface area contributed by atoms with Crippen molar-refractivity contribution in [3.8, 4) is 17.2 Å². The van der Waals surface area contributed by atoms with Crippen LogP contribution in [0.4, 0.5) is 0 Å². The topological polar surface area (TPSA) is 70.0 Å². The highest BCUT2D eigenvalue weighted by atomic mass is 32.2. The molecule has 1 unspecified atom stereocenters. The summed E-state index contributed by atoms with van der Waals surface area (Å²) in [5, 5.41) is 8.94. The lowest BCUT2D eigenvalue weighted by Gasteiger charge is -2.15. The van der Waals surface area contributed by atoms with Gasteiger partial charge in [-0.3, -0.25) is 0 Å². The summed E-state index contributed by atoms with van der Waals surface area (Å²) in [6, 6.07) is 25.3. The average Bonchev–Trinajstić information content (AvgIpc) is 2.68. The van der Waals surface area contributed by atoms with Crippen LogP contribution < -0.4 is 4.72 Å². The van der Waals surface area contributed by atoms with E-state index < -0.39 is 16.1 Å². The van der Waals surface area contributed by atoms with E-state index in [1.807, 2.05) is 60.7 Å². The molecule has 0 aliphatic heterocycles. The van der Waals surface area contributed by atoms with Gasteiger partial charge in [-0.05, 0) is 41.8 Å². The average molecular weight is 362 g/mol. The second-order valence-electron chi connectivity index (χ2n) is 5.97. The van der Waals surface area contributed by atoms with Gasteiger partial charge >= 0.3 is 0 Å². The van der Waals surface area contributed by atoms with Gasteiger partial charge in [-0.1, -0.05) is 60.7 Å². The number of nitrogens with zero attached hydrogens (tertiary/aromatic N) is 1. The molecule has 1 atom stereocenters. The zero-order valence-electron chi connectivity index (χ0n) is 14.3. The van der Waals surface area contributed by atoms with Crippen molar-refractivity contribution in [2.24, 2.45) is 0 Å². The Bertz CT molecular complexity index is 1040. The van der Waals surface area contributed by atoms with Crippen LogP contribution in [0.5, 0.6) is 0 Å². The first-order chi connectivity index (χ1) is 12.5. The summed E-state index contributed by atoms with van der Waals surface area (Å²) in [5.74, 6) is 0. The van der Waals surface area contributed by atoms with Crippen LogP contribution in [-0.2, 0) is 10.0 Å². The van der Waals surface area contributed by atoms with Gasteiger partial charge < -0.3 is 0 Å². The maximum absolute atomic E-state index is 12.6. The lowest BCUT2D eigenvalue weighted by molar-refractivity contribution is 0.567. The molecule has 0 heterocycles. The highest BCUT2D eigenvalue weighted by Crippen LogP contribution is 2.23. The van der Waals surface area contributed by atoms with E-state index >= 15 is 0 Å². The number of hydrogen-bond acceptors (Lipinski definition) is 3. The van der Waals surface area contributed by atoms with Gasteiger partial charge in [0, 0.05) is 6.04 Å². The molecule has 130 valence electrons. The molecule has 0 amide bonds. The molecule has 3 rings (SSSR count). The molecule has 0 aromatic heterocycles. The quantitative estimate of drug-likeness (QED) is 0.737. The van der Waals surface area contributed by atoms with E-state index in [2.05, 4.69) is 4.72 Å². The lowest BCUT2D eigenvalue weighted by Crippen LogP contribution is -2.26. The normalized spacial score (nSPS) is 12.3. The zero-order chi connectivity index (χ0) is 18.6. The van der Waals surface area contributed by atoms with Crippen LogP contribution in [0.3, 0.4) is 0 Å². The molecular formula is C21H18N2O2S. The molecule has 26 heavy (non-hydrogen) atoms. The maximum atomic E-state index is 12.6. The second-order valence-corrected chi connectivity index (χ2v) is 7.68. The summed E-state index contributed by atoms with van der Waals surface area (Å²) < 4.78 is 27.8. The number of benzene rings is 3. The summed E-state index contributed by atoms with van der Waals surface area (Å²) in [7, 11) is -3.70. The van der Waals surface area contributed by atoms with Gasteiger partial charge in [0.05, 0.1) is 16.5 Å². The fraction of sp³-hybridized carbons (Fsp3) is 0.0952.